The Morgan fingerprint density at radius 3 is 1.90 bits per heavy atom. The Morgan fingerprint density at radius 2 is 1.50 bits per heavy atom. The van der Waals surface area contributed by atoms with Crippen LogP contribution < -0.4 is 0 Å². The van der Waals surface area contributed by atoms with Crippen LogP contribution in [-0.4, -0.2) is 44.1 Å². The lowest BCUT2D eigenvalue weighted by atomic mass is 9.70. The molecular formula is C21H41NO6P2. The summed E-state index contributed by atoms with van der Waals surface area (Å²) in [6, 6.07) is 0. The van der Waals surface area contributed by atoms with E-state index in [0.29, 0.717) is 19.1 Å². The summed E-state index contributed by atoms with van der Waals surface area (Å²) in [6.45, 7) is 15.2. The van der Waals surface area contributed by atoms with Crippen molar-refractivity contribution in [1.82, 2.24) is 0 Å². The van der Waals surface area contributed by atoms with Crippen molar-refractivity contribution in [3.8, 4) is 0 Å². The number of nitrogens with zero attached hydrogens (tertiary/aromatic N) is 1. The zero-order chi connectivity index (χ0) is 22.6. The van der Waals surface area contributed by atoms with Crippen LogP contribution in [0.2, 0.25) is 0 Å². The van der Waals surface area contributed by atoms with E-state index < -0.39 is 21.0 Å². The van der Waals surface area contributed by atoms with E-state index in [-0.39, 0.29) is 36.6 Å². The van der Waals surface area contributed by atoms with E-state index in [1.807, 2.05) is 0 Å². The van der Waals surface area contributed by atoms with Crippen molar-refractivity contribution in [1.29, 1.82) is 0 Å². The number of hydrogen-bond acceptors (Lipinski definition) is 7. The van der Waals surface area contributed by atoms with Gasteiger partial charge in [-0.2, -0.15) is 0 Å². The largest absolute Gasteiger partial charge is 0.354 e. The van der Waals surface area contributed by atoms with Crippen LogP contribution in [0, 0.1) is 16.7 Å². The zero-order valence-electron chi connectivity index (χ0n) is 19.8. The van der Waals surface area contributed by atoms with E-state index in [2.05, 4.69) is 20.8 Å². The second-order valence-electron chi connectivity index (χ2n) is 8.88. The molecule has 176 valence electrons. The first kappa shape index (κ1) is 26.2. The normalized spacial score (nSPS) is 28.4. The highest BCUT2D eigenvalue weighted by molar-refractivity contribution is 7.55. The Hall–Kier alpha value is -0.0300. The molecule has 0 aromatic carbocycles. The van der Waals surface area contributed by atoms with Gasteiger partial charge in [-0.05, 0) is 64.7 Å². The van der Waals surface area contributed by atoms with Gasteiger partial charge >= 0.3 is 15.2 Å². The van der Waals surface area contributed by atoms with Crippen molar-refractivity contribution in [2.24, 2.45) is 21.7 Å². The van der Waals surface area contributed by atoms with Gasteiger partial charge in [0.15, 0.2) is 5.78 Å². The summed E-state index contributed by atoms with van der Waals surface area (Å²) >= 11 is 0. The maximum absolute atomic E-state index is 13.7. The highest BCUT2D eigenvalue weighted by Gasteiger charge is 2.60. The molecule has 2 saturated carbocycles. The highest BCUT2D eigenvalue weighted by Crippen LogP contribution is 2.65. The number of rotatable bonds is 13. The van der Waals surface area contributed by atoms with Gasteiger partial charge in [0, 0.05) is 11.1 Å². The molecule has 9 heteroatoms. The van der Waals surface area contributed by atoms with Crippen molar-refractivity contribution < 1.29 is 27.2 Å². The SMILES string of the molecule is CCOP(=O)(CC[C@H](N=C1C[C@H]2CC[C@]1(C)C2(C)C)P(=O)(OCC)OCC)OCC. The van der Waals surface area contributed by atoms with Gasteiger partial charge in [0.2, 0.25) is 0 Å². The van der Waals surface area contributed by atoms with Crippen LogP contribution in [0.15, 0.2) is 4.99 Å². The van der Waals surface area contributed by atoms with Gasteiger partial charge in [-0.15, -0.1) is 0 Å². The molecule has 0 N–H and O–H groups in total. The molecule has 7 nitrogen and oxygen atoms in total. The number of fused-ring (bicyclic) bond motifs is 2. The maximum Gasteiger partial charge on any atom is 0.354 e. The summed E-state index contributed by atoms with van der Waals surface area (Å²) < 4.78 is 48.9. The van der Waals surface area contributed by atoms with Gasteiger partial charge in [0.25, 0.3) is 0 Å². The van der Waals surface area contributed by atoms with Crippen LogP contribution in [0.1, 0.15) is 74.1 Å². The van der Waals surface area contributed by atoms with Crippen molar-refractivity contribution >= 4 is 20.9 Å². The summed E-state index contributed by atoms with van der Waals surface area (Å²) in [5, 5.41) is 0. The van der Waals surface area contributed by atoms with E-state index >= 15 is 0 Å². The van der Waals surface area contributed by atoms with Crippen LogP contribution in [-0.2, 0) is 27.2 Å². The Morgan fingerprint density at radius 1 is 0.967 bits per heavy atom. The Bertz CT molecular complexity index is 690. The Balaban J connectivity index is 2.38. The van der Waals surface area contributed by atoms with Gasteiger partial charge in [-0.25, -0.2) is 0 Å². The molecule has 30 heavy (non-hydrogen) atoms. The maximum atomic E-state index is 13.7. The second kappa shape index (κ2) is 10.3. The molecule has 0 spiro atoms. The van der Waals surface area contributed by atoms with Gasteiger partial charge in [0.05, 0.1) is 32.6 Å². The first-order valence-corrected chi connectivity index (χ1v) is 14.7. The molecule has 3 atom stereocenters. The van der Waals surface area contributed by atoms with E-state index in [0.717, 1.165) is 18.6 Å². The predicted octanol–water partition coefficient (Wildman–Crippen LogP) is 6.52. The lowest BCUT2D eigenvalue weighted by Crippen LogP contribution is -2.33. The Kier molecular flexibility index (Phi) is 8.98. The standard InChI is InChI=1S/C21H41NO6P2/c1-8-25-29(23,26-9-2)15-13-19(30(24,27-10-3)28-11-4)22-18-16-17-12-14-21(18,7)20(17,5)6/h17,19H,8-16H2,1-7H3/t17-,19-,21+/m1/s1. The van der Waals surface area contributed by atoms with Crippen LogP contribution in [0.25, 0.3) is 0 Å². The average Bonchev–Trinajstić information content (AvgIpc) is 2.99. The average molecular weight is 466 g/mol. The minimum atomic E-state index is -3.52. The summed E-state index contributed by atoms with van der Waals surface area (Å²) in [5.74, 6) is -0.132. The molecular weight excluding hydrogens is 424 g/mol. The van der Waals surface area contributed by atoms with E-state index in [1.54, 1.807) is 27.7 Å². The van der Waals surface area contributed by atoms with Gasteiger partial charge in [-0.3, -0.25) is 14.1 Å². The molecule has 0 amide bonds. The van der Waals surface area contributed by atoms with Crippen LogP contribution in [0.3, 0.4) is 0 Å². The van der Waals surface area contributed by atoms with Crippen molar-refractivity contribution in [3.05, 3.63) is 0 Å². The zero-order valence-corrected chi connectivity index (χ0v) is 21.6. The first-order chi connectivity index (χ1) is 14.0. The molecule has 0 radical (unpaired) electrons. The third-order valence-electron chi connectivity index (χ3n) is 7.11. The molecule has 2 aliphatic carbocycles. The quantitative estimate of drug-likeness (QED) is 0.288. The van der Waals surface area contributed by atoms with Gasteiger partial charge in [-0.1, -0.05) is 20.8 Å². The fraction of sp³-hybridized carbons (Fsp3) is 0.952. The minimum Gasteiger partial charge on any atom is -0.309 e. The number of hydrogen-bond donors (Lipinski definition) is 0. The highest BCUT2D eigenvalue weighted by atomic mass is 31.2. The van der Waals surface area contributed by atoms with Crippen LogP contribution in [0.4, 0.5) is 0 Å². The summed E-state index contributed by atoms with van der Waals surface area (Å²) in [6.07, 6.45) is 3.59. The molecule has 2 bridgehead atoms. The molecule has 2 rings (SSSR count). The summed E-state index contributed by atoms with van der Waals surface area (Å²) in [5.41, 5.74) is 1.22. The molecule has 2 aliphatic rings. The van der Waals surface area contributed by atoms with Gasteiger partial charge in [0.1, 0.15) is 0 Å². The summed E-state index contributed by atoms with van der Waals surface area (Å²) in [7, 11) is -6.80. The van der Waals surface area contributed by atoms with Crippen molar-refractivity contribution in [2.75, 3.05) is 32.6 Å². The Labute approximate surface area is 182 Å². The van der Waals surface area contributed by atoms with Crippen LogP contribution in [0.5, 0.6) is 0 Å². The predicted molar refractivity (Wildman–Crippen MR) is 122 cm³/mol. The topological polar surface area (TPSA) is 83.4 Å². The number of aliphatic imine (C=N–C) groups is 1. The van der Waals surface area contributed by atoms with Crippen molar-refractivity contribution in [3.63, 3.8) is 0 Å². The van der Waals surface area contributed by atoms with Crippen molar-refractivity contribution in [2.45, 2.75) is 79.9 Å². The van der Waals surface area contributed by atoms with Crippen LogP contribution >= 0.6 is 15.2 Å². The third-order valence-corrected chi connectivity index (χ3v) is 11.6. The summed E-state index contributed by atoms with van der Waals surface area (Å²) in [4.78, 5) is 5.03. The lowest BCUT2D eigenvalue weighted by Gasteiger charge is -2.35. The van der Waals surface area contributed by atoms with Gasteiger partial charge < -0.3 is 18.1 Å². The molecule has 2 fully saturated rings. The molecule has 0 aromatic rings. The minimum absolute atomic E-state index is 0.0251. The molecule has 0 unspecified atom stereocenters. The molecule has 0 saturated heterocycles. The molecule has 0 aliphatic heterocycles. The fourth-order valence-corrected chi connectivity index (χ4v) is 8.75. The van der Waals surface area contributed by atoms with E-state index in [1.165, 1.54) is 6.42 Å². The lowest BCUT2D eigenvalue weighted by molar-refractivity contribution is 0.193. The van der Waals surface area contributed by atoms with E-state index in [9.17, 15) is 9.13 Å². The second-order valence-corrected chi connectivity index (χ2v) is 13.3. The monoisotopic (exact) mass is 465 g/mol. The van der Waals surface area contributed by atoms with E-state index in [4.69, 9.17) is 23.1 Å². The third kappa shape index (κ3) is 5.13. The molecule has 0 heterocycles. The first-order valence-electron chi connectivity index (χ1n) is 11.4. The smallest absolute Gasteiger partial charge is 0.309 e. The molecule has 0 aromatic heterocycles. The fourth-order valence-electron chi connectivity index (χ4n) is 5.00.